The molecule has 2 aromatic rings. The second-order valence-electron chi connectivity index (χ2n) is 5.28. The molecule has 3 N–H and O–H groups in total. The van der Waals surface area contributed by atoms with Crippen LogP contribution in [0.3, 0.4) is 0 Å². The standard InChI is InChI=1S/C17H20ClN3O2/c1-21(2)15-10-6-5-9-14(15)20-17(23)19-11-16(22)12-7-3-4-8-13(12)18/h3-10,16,22H,11H2,1-2H3,(H2,19,20,23). The van der Waals surface area contributed by atoms with Crippen LogP contribution in [0.25, 0.3) is 0 Å². The predicted octanol–water partition coefficient (Wildman–Crippen LogP) is 3.26. The van der Waals surface area contributed by atoms with Crippen LogP contribution < -0.4 is 15.5 Å². The summed E-state index contributed by atoms with van der Waals surface area (Å²) >= 11 is 6.03. The molecule has 0 bridgehead atoms. The molecule has 0 saturated heterocycles. The number of rotatable bonds is 5. The van der Waals surface area contributed by atoms with Crippen LogP contribution in [-0.4, -0.2) is 31.8 Å². The van der Waals surface area contributed by atoms with E-state index in [1.807, 2.05) is 43.3 Å². The molecule has 2 rings (SSSR count). The molecule has 1 unspecified atom stereocenters. The molecule has 0 fully saturated rings. The molecule has 0 radical (unpaired) electrons. The molecule has 0 aromatic heterocycles. The highest BCUT2D eigenvalue weighted by molar-refractivity contribution is 6.31. The average Bonchev–Trinajstić information content (AvgIpc) is 2.53. The molecule has 2 amide bonds. The van der Waals surface area contributed by atoms with Crippen molar-refractivity contribution in [3.05, 3.63) is 59.1 Å². The van der Waals surface area contributed by atoms with Gasteiger partial charge in [-0.25, -0.2) is 4.79 Å². The quantitative estimate of drug-likeness (QED) is 0.787. The summed E-state index contributed by atoms with van der Waals surface area (Å²) in [5, 5.41) is 16.0. The zero-order valence-corrected chi connectivity index (χ0v) is 13.8. The average molecular weight is 334 g/mol. The lowest BCUT2D eigenvalue weighted by molar-refractivity contribution is 0.175. The summed E-state index contributed by atoms with van der Waals surface area (Å²) < 4.78 is 0. The Hall–Kier alpha value is -2.24. The van der Waals surface area contributed by atoms with Crippen LogP contribution >= 0.6 is 11.6 Å². The first kappa shape index (κ1) is 17.1. The van der Waals surface area contributed by atoms with E-state index in [1.165, 1.54) is 0 Å². The van der Waals surface area contributed by atoms with E-state index < -0.39 is 6.10 Å². The Balaban J connectivity index is 1.95. The molecule has 6 heteroatoms. The van der Waals surface area contributed by atoms with Gasteiger partial charge in [0.1, 0.15) is 0 Å². The van der Waals surface area contributed by atoms with E-state index in [0.717, 1.165) is 5.69 Å². The van der Waals surface area contributed by atoms with E-state index in [2.05, 4.69) is 10.6 Å². The number of amides is 2. The molecule has 0 spiro atoms. The summed E-state index contributed by atoms with van der Waals surface area (Å²) in [7, 11) is 3.80. The summed E-state index contributed by atoms with van der Waals surface area (Å²) in [6.07, 6.45) is -0.862. The van der Waals surface area contributed by atoms with Crippen molar-refractivity contribution in [3.63, 3.8) is 0 Å². The molecule has 0 aliphatic heterocycles. The molecular weight excluding hydrogens is 314 g/mol. The lowest BCUT2D eigenvalue weighted by atomic mass is 10.1. The van der Waals surface area contributed by atoms with E-state index in [-0.39, 0.29) is 12.6 Å². The highest BCUT2D eigenvalue weighted by Gasteiger charge is 2.13. The molecule has 1 atom stereocenters. The molecule has 5 nitrogen and oxygen atoms in total. The fourth-order valence-corrected chi connectivity index (χ4v) is 2.44. The van der Waals surface area contributed by atoms with E-state index in [0.29, 0.717) is 16.3 Å². The zero-order chi connectivity index (χ0) is 16.8. The minimum absolute atomic E-state index is 0.0691. The van der Waals surface area contributed by atoms with Gasteiger partial charge < -0.3 is 20.6 Å². The number of anilines is 2. The first-order chi connectivity index (χ1) is 11.0. The van der Waals surface area contributed by atoms with Gasteiger partial charge in [0.25, 0.3) is 0 Å². The number of carbonyl (C=O) groups is 1. The number of nitrogens with zero attached hydrogens (tertiary/aromatic N) is 1. The molecular formula is C17H20ClN3O2. The number of benzene rings is 2. The number of nitrogens with one attached hydrogen (secondary N) is 2. The van der Waals surface area contributed by atoms with Crippen molar-refractivity contribution in [2.24, 2.45) is 0 Å². The van der Waals surface area contributed by atoms with Gasteiger partial charge in [-0.05, 0) is 18.2 Å². The number of aliphatic hydroxyl groups excluding tert-OH is 1. The monoisotopic (exact) mass is 333 g/mol. The molecule has 0 heterocycles. The number of aliphatic hydroxyl groups is 1. The van der Waals surface area contributed by atoms with Crippen LogP contribution in [0.15, 0.2) is 48.5 Å². The van der Waals surface area contributed by atoms with Crippen molar-refractivity contribution in [2.45, 2.75) is 6.10 Å². The Morgan fingerprint density at radius 1 is 1.17 bits per heavy atom. The maximum absolute atomic E-state index is 12.0. The first-order valence-corrected chi connectivity index (χ1v) is 7.60. The third-order valence-electron chi connectivity index (χ3n) is 3.35. The van der Waals surface area contributed by atoms with Crippen molar-refractivity contribution in [3.8, 4) is 0 Å². The Labute approximate surface area is 140 Å². The number of para-hydroxylation sites is 2. The van der Waals surface area contributed by atoms with Crippen molar-refractivity contribution in [1.29, 1.82) is 0 Å². The molecule has 23 heavy (non-hydrogen) atoms. The molecule has 2 aromatic carbocycles. The van der Waals surface area contributed by atoms with Crippen molar-refractivity contribution < 1.29 is 9.90 Å². The van der Waals surface area contributed by atoms with Crippen LogP contribution in [-0.2, 0) is 0 Å². The van der Waals surface area contributed by atoms with Crippen LogP contribution in [0.1, 0.15) is 11.7 Å². The number of hydrogen-bond donors (Lipinski definition) is 3. The third-order valence-corrected chi connectivity index (χ3v) is 3.70. The molecule has 122 valence electrons. The Bertz CT molecular complexity index is 676. The van der Waals surface area contributed by atoms with Crippen molar-refractivity contribution >= 4 is 29.0 Å². The Morgan fingerprint density at radius 2 is 1.83 bits per heavy atom. The molecule has 0 aliphatic carbocycles. The third kappa shape index (κ3) is 4.61. The van der Waals surface area contributed by atoms with Gasteiger partial charge in [0.15, 0.2) is 0 Å². The highest BCUT2D eigenvalue weighted by atomic mass is 35.5. The van der Waals surface area contributed by atoms with E-state index in [1.54, 1.807) is 24.3 Å². The Kier molecular flexibility index (Phi) is 5.84. The maximum atomic E-state index is 12.0. The van der Waals surface area contributed by atoms with Gasteiger partial charge in [0.05, 0.1) is 17.5 Å². The minimum Gasteiger partial charge on any atom is -0.387 e. The minimum atomic E-state index is -0.862. The highest BCUT2D eigenvalue weighted by Crippen LogP contribution is 2.24. The second kappa shape index (κ2) is 7.85. The van der Waals surface area contributed by atoms with Crippen LogP contribution in [0, 0.1) is 0 Å². The summed E-state index contributed by atoms with van der Waals surface area (Å²) in [6.45, 7) is 0.0691. The summed E-state index contributed by atoms with van der Waals surface area (Å²) in [5.41, 5.74) is 2.18. The Morgan fingerprint density at radius 3 is 2.52 bits per heavy atom. The van der Waals surface area contributed by atoms with Crippen molar-refractivity contribution in [1.82, 2.24) is 5.32 Å². The number of halogens is 1. The van der Waals surface area contributed by atoms with Gasteiger partial charge >= 0.3 is 6.03 Å². The first-order valence-electron chi connectivity index (χ1n) is 7.22. The van der Waals surface area contributed by atoms with E-state index in [9.17, 15) is 9.90 Å². The molecule has 0 aliphatic rings. The van der Waals surface area contributed by atoms with Gasteiger partial charge in [-0.2, -0.15) is 0 Å². The lowest BCUT2D eigenvalue weighted by Gasteiger charge is -2.18. The zero-order valence-electron chi connectivity index (χ0n) is 13.1. The fourth-order valence-electron chi connectivity index (χ4n) is 2.18. The van der Waals surface area contributed by atoms with Gasteiger partial charge in [-0.1, -0.05) is 41.9 Å². The number of hydrogen-bond acceptors (Lipinski definition) is 3. The van der Waals surface area contributed by atoms with Gasteiger partial charge in [0.2, 0.25) is 0 Å². The second-order valence-corrected chi connectivity index (χ2v) is 5.69. The smallest absolute Gasteiger partial charge is 0.319 e. The summed E-state index contributed by atoms with van der Waals surface area (Å²) in [4.78, 5) is 13.9. The van der Waals surface area contributed by atoms with Crippen molar-refractivity contribution in [2.75, 3.05) is 30.9 Å². The molecule has 0 saturated carbocycles. The predicted molar refractivity (Wildman–Crippen MR) is 94.2 cm³/mol. The number of urea groups is 1. The normalized spacial score (nSPS) is 11.7. The van der Waals surface area contributed by atoms with Crippen LogP contribution in [0.5, 0.6) is 0 Å². The van der Waals surface area contributed by atoms with E-state index >= 15 is 0 Å². The van der Waals surface area contributed by atoms with Gasteiger partial charge in [-0.15, -0.1) is 0 Å². The van der Waals surface area contributed by atoms with Gasteiger partial charge in [0, 0.05) is 31.2 Å². The van der Waals surface area contributed by atoms with Crippen LogP contribution in [0.4, 0.5) is 16.2 Å². The largest absolute Gasteiger partial charge is 0.387 e. The SMILES string of the molecule is CN(C)c1ccccc1NC(=O)NCC(O)c1ccccc1Cl. The van der Waals surface area contributed by atoms with Crippen LogP contribution in [0.2, 0.25) is 5.02 Å². The van der Waals surface area contributed by atoms with Gasteiger partial charge in [-0.3, -0.25) is 0 Å². The fraction of sp³-hybridized carbons (Fsp3) is 0.235. The summed E-state index contributed by atoms with van der Waals surface area (Å²) in [5.74, 6) is 0. The summed E-state index contributed by atoms with van der Waals surface area (Å²) in [6, 6.07) is 14.1. The maximum Gasteiger partial charge on any atom is 0.319 e. The topological polar surface area (TPSA) is 64.6 Å². The van der Waals surface area contributed by atoms with E-state index in [4.69, 9.17) is 11.6 Å². The lowest BCUT2D eigenvalue weighted by Crippen LogP contribution is -2.32. The number of carbonyl (C=O) groups excluding carboxylic acids is 1.